The molecule has 0 radical (unpaired) electrons. The molecule has 0 aliphatic heterocycles. The molecule has 0 fully saturated rings. The van der Waals surface area contributed by atoms with Crippen LogP contribution in [0.5, 0.6) is 5.75 Å². The van der Waals surface area contributed by atoms with Crippen molar-refractivity contribution in [1.82, 2.24) is 0 Å². The number of ether oxygens (including phenoxy) is 1. The van der Waals surface area contributed by atoms with Crippen molar-refractivity contribution < 1.29 is 13.5 Å². The number of benzene rings is 2. The van der Waals surface area contributed by atoms with Crippen molar-refractivity contribution in [2.75, 3.05) is 12.4 Å². The van der Waals surface area contributed by atoms with Crippen LogP contribution in [0.1, 0.15) is 11.1 Å². The van der Waals surface area contributed by atoms with Gasteiger partial charge in [0.25, 0.3) is 0 Å². The van der Waals surface area contributed by atoms with Crippen molar-refractivity contribution in [2.24, 2.45) is 0 Å². The van der Waals surface area contributed by atoms with E-state index in [-0.39, 0.29) is 11.3 Å². The van der Waals surface area contributed by atoms with E-state index in [1.54, 1.807) is 18.2 Å². The average Bonchev–Trinajstić information content (AvgIpc) is 2.47. The molecule has 3 nitrogen and oxygen atoms in total. The lowest BCUT2D eigenvalue weighted by molar-refractivity contribution is 0.387. The Hall–Kier alpha value is -2.61. The number of hydrogen-bond donors (Lipinski definition) is 1. The van der Waals surface area contributed by atoms with Crippen LogP contribution in [0.15, 0.2) is 36.4 Å². The Balaban J connectivity index is 2.11. The first kappa shape index (κ1) is 13.8. The van der Waals surface area contributed by atoms with E-state index in [0.717, 1.165) is 5.56 Å². The first-order valence-electron chi connectivity index (χ1n) is 5.90. The van der Waals surface area contributed by atoms with Crippen molar-refractivity contribution in [3.05, 3.63) is 59.2 Å². The number of halogens is 2. The highest BCUT2D eigenvalue weighted by Crippen LogP contribution is 2.22. The molecule has 0 heterocycles. The summed E-state index contributed by atoms with van der Waals surface area (Å²) in [5.74, 6) is -0.835. The van der Waals surface area contributed by atoms with Crippen LogP contribution < -0.4 is 10.1 Å². The molecule has 1 N–H and O–H groups in total. The van der Waals surface area contributed by atoms with Gasteiger partial charge in [-0.3, -0.25) is 0 Å². The molecule has 0 unspecified atom stereocenters. The Labute approximate surface area is 115 Å². The minimum atomic E-state index is -0.542. The third-order valence-electron chi connectivity index (χ3n) is 2.80. The van der Waals surface area contributed by atoms with E-state index in [4.69, 9.17) is 10.00 Å². The fraction of sp³-hybridized carbons (Fsp3) is 0.133. The van der Waals surface area contributed by atoms with Gasteiger partial charge in [-0.05, 0) is 29.8 Å². The van der Waals surface area contributed by atoms with E-state index in [1.807, 2.05) is 0 Å². The van der Waals surface area contributed by atoms with Gasteiger partial charge in [-0.2, -0.15) is 5.26 Å². The minimum absolute atomic E-state index is 0.000914. The molecule has 0 bridgehead atoms. The van der Waals surface area contributed by atoms with E-state index >= 15 is 0 Å². The van der Waals surface area contributed by atoms with E-state index in [9.17, 15) is 8.78 Å². The number of hydrogen-bond acceptors (Lipinski definition) is 3. The van der Waals surface area contributed by atoms with Gasteiger partial charge in [0.05, 0.1) is 12.7 Å². The molecular weight excluding hydrogens is 262 g/mol. The lowest BCUT2D eigenvalue weighted by atomic mass is 10.1. The highest BCUT2D eigenvalue weighted by Gasteiger charge is 2.05. The van der Waals surface area contributed by atoms with E-state index in [1.165, 1.54) is 31.4 Å². The number of nitriles is 1. The van der Waals surface area contributed by atoms with Gasteiger partial charge in [0.1, 0.15) is 11.9 Å². The van der Waals surface area contributed by atoms with Crippen LogP contribution in [-0.2, 0) is 6.54 Å². The summed E-state index contributed by atoms with van der Waals surface area (Å²) < 4.78 is 31.3. The van der Waals surface area contributed by atoms with Crippen LogP contribution in [0.2, 0.25) is 0 Å². The molecule has 5 heteroatoms. The van der Waals surface area contributed by atoms with Gasteiger partial charge in [0, 0.05) is 18.3 Å². The van der Waals surface area contributed by atoms with Crippen LogP contribution in [0.3, 0.4) is 0 Å². The van der Waals surface area contributed by atoms with Crippen molar-refractivity contribution in [3.8, 4) is 11.8 Å². The third kappa shape index (κ3) is 3.04. The van der Waals surface area contributed by atoms with Gasteiger partial charge in [-0.25, -0.2) is 8.78 Å². The molecule has 0 amide bonds. The van der Waals surface area contributed by atoms with Crippen molar-refractivity contribution in [3.63, 3.8) is 0 Å². The van der Waals surface area contributed by atoms with Gasteiger partial charge in [0.2, 0.25) is 0 Å². The van der Waals surface area contributed by atoms with Gasteiger partial charge in [0.15, 0.2) is 11.6 Å². The summed E-state index contributed by atoms with van der Waals surface area (Å²) in [6.07, 6.45) is 0. The zero-order chi connectivity index (χ0) is 14.5. The lowest BCUT2D eigenvalue weighted by Crippen LogP contribution is -2.01. The Morgan fingerprint density at radius 3 is 2.60 bits per heavy atom. The van der Waals surface area contributed by atoms with Crippen molar-refractivity contribution in [1.29, 1.82) is 5.26 Å². The molecule has 0 saturated carbocycles. The summed E-state index contributed by atoms with van der Waals surface area (Å²) >= 11 is 0. The molecule has 0 saturated heterocycles. The zero-order valence-electron chi connectivity index (χ0n) is 10.8. The van der Waals surface area contributed by atoms with Crippen LogP contribution >= 0.6 is 0 Å². The second-order valence-corrected chi connectivity index (χ2v) is 4.13. The Kier molecular flexibility index (Phi) is 4.16. The maximum Gasteiger partial charge on any atom is 0.165 e. The normalized spacial score (nSPS) is 9.90. The SMILES string of the molecule is COc1cc(NCc2ccc(F)c(C#N)c2)ccc1F. The average molecular weight is 274 g/mol. The van der Waals surface area contributed by atoms with Crippen LogP contribution in [-0.4, -0.2) is 7.11 Å². The summed E-state index contributed by atoms with van der Waals surface area (Å²) in [4.78, 5) is 0. The van der Waals surface area contributed by atoms with Gasteiger partial charge < -0.3 is 10.1 Å². The second kappa shape index (κ2) is 6.02. The molecule has 0 aliphatic rings. The molecule has 0 aliphatic carbocycles. The number of rotatable bonds is 4. The lowest BCUT2D eigenvalue weighted by Gasteiger charge is -2.09. The number of anilines is 1. The number of nitrogens with one attached hydrogen (secondary N) is 1. The zero-order valence-corrected chi connectivity index (χ0v) is 10.8. The van der Waals surface area contributed by atoms with Crippen molar-refractivity contribution in [2.45, 2.75) is 6.54 Å². The highest BCUT2D eigenvalue weighted by molar-refractivity contribution is 5.49. The van der Waals surface area contributed by atoms with E-state index in [0.29, 0.717) is 12.2 Å². The van der Waals surface area contributed by atoms with E-state index < -0.39 is 11.6 Å². The summed E-state index contributed by atoms with van der Waals surface area (Å²) in [5.41, 5.74) is 1.43. The molecule has 2 rings (SSSR count). The largest absolute Gasteiger partial charge is 0.494 e. The molecule has 0 spiro atoms. The minimum Gasteiger partial charge on any atom is -0.494 e. The molecule has 102 valence electrons. The van der Waals surface area contributed by atoms with Crippen LogP contribution in [0.4, 0.5) is 14.5 Å². The molecule has 2 aromatic carbocycles. The second-order valence-electron chi connectivity index (χ2n) is 4.13. The molecule has 0 aromatic heterocycles. The summed E-state index contributed by atoms with van der Waals surface area (Å²) in [6.45, 7) is 0.393. The third-order valence-corrected chi connectivity index (χ3v) is 2.80. The van der Waals surface area contributed by atoms with Crippen LogP contribution in [0.25, 0.3) is 0 Å². The Bertz CT molecular complexity index is 665. The first-order valence-corrected chi connectivity index (χ1v) is 5.90. The fourth-order valence-corrected chi connectivity index (χ4v) is 1.74. The summed E-state index contributed by atoms with van der Waals surface area (Å²) in [6, 6.07) is 10.5. The fourth-order valence-electron chi connectivity index (χ4n) is 1.74. The molecular formula is C15H12F2N2O. The monoisotopic (exact) mass is 274 g/mol. The summed E-state index contributed by atoms with van der Waals surface area (Å²) in [5, 5.41) is 11.8. The molecule has 2 aromatic rings. The quantitative estimate of drug-likeness (QED) is 0.928. The maximum absolute atomic E-state index is 13.2. The van der Waals surface area contributed by atoms with Gasteiger partial charge >= 0.3 is 0 Å². The smallest absolute Gasteiger partial charge is 0.165 e. The first-order chi connectivity index (χ1) is 9.63. The van der Waals surface area contributed by atoms with E-state index in [2.05, 4.69) is 5.32 Å². The maximum atomic E-state index is 13.2. The topological polar surface area (TPSA) is 45.0 Å². The molecule has 0 atom stereocenters. The van der Waals surface area contributed by atoms with Gasteiger partial charge in [-0.15, -0.1) is 0 Å². The van der Waals surface area contributed by atoms with Crippen LogP contribution in [0, 0.1) is 23.0 Å². The predicted molar refractivity (Wildman–Crippen MR) is 71.4 cm³/mol. The summed E-state index contributed by atoms with van der Waals surface area (Å²) in [7, 11) is 1.39. The highest BCUT2D eigenvalue weighted by atomic mass is 19.1. The Morgan fingerprint density at radius 2 is 1.90 bits per heavy atom. The molecule has 20 heavy (non-hydrogen) atoms. The van der Waals surface area contributed by atoms with Crippen molar-refractivity contribution >= 4 is 5.69 Å². The standard InChI is InChI=1S/C15H12F2N2O/c1-20-15-7-12(3-5-14(15)17)19-9-10-2-4-13(16)11(6-10)8-18/h2-7,19H,9H2,1H3. The predicted octanol–water partition coefficient (Wildman–Crippen LogP) is 3.46. The van der Waals surface area contributed by atoms with Gasteiger partial charge in [-0.1, -0.05) is 6.07 Å². The number of nitrogens with zero attached hydrogens (tertiary/aromatic N) is 1. The Morgan fingerprint density at radius 1 is 1.15 bits per heavy atom. The number of methoxy groups -OCH3 is 1.